The fourth-order valence-electron chi connectivity index (χ4n) is 4.84. The number of ether oxygens (including phenoxy) is 4. The van der Waals surface area contributed by atoms with E-state index in [0.717, 1.165) is 35.6 Å². The average molecular weight is 538 g/mol. The number of thiophene rings is 1. The number of hydrogen-bond donors (Lipinski definition) is 2. The highest BCUT2D eigenvalue weighted by Crippen LogP contribution is 2.41. The van der Waals surface area contributed by atoms with Crippen LogP contribution in [-0.4, -0.2) is 50.7 Å². The van der Waals surface area contributed by atoms with Gasteiger partial charge in [0.25, 0.3) is 5.91 Å². The number of benzene rings is 2. The van der Waals surface area contributed by atoms with Gasteiger partial charge in [0.05, 0.1) is 32.5 Å². The van der Waals surface area contributed by atoms with Crippen LogP contribution in [0.5, 0.6) is 23.0 Å². The van der Waals surface area contributed by atoms with E-state index in [0.29, 0.717) is 29.0 Å². The lowest BCUT2D eigenvalue weighted by Gasteiger charge is -2.31. The van der Waals surface area contributed by atoms with Crippen LogP contribution in [0.15, 0.2) is 36.4 Å². The van der Waals surface area contributed by atoms with E-state index in [4.69, 9.17) is 18.9 Å². The number of methoxy groups -OCH3 is 3. The lowest BCUT2D eigenvalue weighted by Crippen LogP contribution is -2.39. The molecule has 0 fully saturated rings. The first kappa shape index (κ1) is 25.9. The van der Waals surface area contributed by atoms with Crippen LogP contribution in [0.3, 0.4) is 0 Å². The van der Waals surface area contributed by atoms with E-state index < -0.39 is 5.97 Å². The zero-order chi connectivity index (χ0) is 27.0. The average Bonchev–Trinajstić information content (AvgIpc) is 3.30. The van der Waals surface area contributed by atoms with E-state index in [-0.39, 0.29) is 17.6 Å². The predicted octanol–water partition coefficient (Wildman–Crippen LogP) is 4.61. The summed E-state index contributed by atoms with van der Waals surface area (Å²) >= 11 is 1.67. The molecular formula is C28H31N3O6S. The Bertz CT molecular complexity index is 1340. The van der Waals surface area contributed by atoms with E-state index in [9.17, 15) is 9.59 Å². The third kappa shape index (κ3) is 4.77. The van der Waals surface area contributed by atoms with E-state index in [1.807, 2.05) is 12.1 Å². The molecule has 1 aromatic heterocycles. The first-order valence-electron chi connectivity index (χ1n) is 12.4. The number of nitrogens with zero attached hydrogens (tertiary/aromatic N) is 1. The molecule has 2 aromatic carbocycles. The fourth-order valence-corrected chi connectivity index (χ4v) is 6.14. The van der Waals surface area contributed by atoms with Crippen LogP contribution in [0, 0.1) is 0 Å². The maximum absolute atomic E-state index is 13.1. The largest absolute Gasteiger partial charge is 0.493 e. The molecule has 38 heavy (non-hydrogen) atoms. The molecule has 0 saturated heterocycles. The Balaban J connectivity index is 1.30. The first-order chi connectivity index (χ1) is 18.3. The Kier molecular flexibility index (Phi) is 7.18. The van der Waals surface area contributed by atoms with Gasteiger partial charge in [-0.05, 0) is 55.7 Å². The minimum Gasteiger partial charge on any atom is -0.493 e. The van der Waals surface area contributed by atoms with Crippen LogP contribution >= 0.6 is 11.3 Å². The van der Waals surface area contributed by atoms with Crippen molar-refractivity contribution in [1.82, 2.24) is 10.2 Å². The van der Waals surface area contributed by atoms with Crippen LogP contribution in [0.2, 0.25) is 0 Å². The van der Waals surface area contributed by atoms with Crippen LogP contribution in [0.4, 0.5) is 5.00 Å². The topological polar surface area (TPSA) is 98.4 Å². The van der Waals surface area contributed by atoms with Gasteiger partial charge in [0.1, 0.15) is 16.9 Å². The molecule has 0 radical (unpaired) electrons. The summed E-state index contributed by atoms with van der Waals surface area (Å²) in [6.07, 6.45) is 0.502. The highest BCUT2D eigenvalue weighted by Gasteiger charge is 2.33. The number of amides is 1. The summed E-state index contributed by atoms with van der Waals surface area (Å²) < 4.78 is 21.5. The predicted molar refractivity (Wildman–Crippen MR) is 145 cm³/mol. The van der Waals surface area contributed by atoms with Crippen molar-refractivity contribution >= 4 is 28.2 Å². The number of hydrogen-bond acceptors (Lipinski definition) is 9. The van der Waals surface area contributed by atoms with Crippen LogP contribution < -0.4 is 29.6 Å². The molecule has 3 heterocycles. The molecule has 10 heteroatoms. The second-order valence-corrected chi connectivity index (χ2v) is 10.6. The minimum absolute atomic E-state index is 0.0582. The van der Waals surface area contributed by atoms with Gasteiger partial charge >= 0.3 is 5.97 Å². The molecule has 9 nitrogen and oxygen atoms in total. The van der Waals surface area contributed by atoms with Crippen molar-refractivity contribution in [2.75, 3.05) is 33.2 Å². The summed E-state index contributed by atoms with van der Waals surface area (Å²) in [5.74, 6) is 0.864. The van der Waals surface area contributed by atoms with Gasteiger partial charge < -0.3 is 29.6 Å². The van der Waals surface area contributed by atoms with E-state index in [1.165, 1.54) is 43.9 Å². The molecule has 3 aromatic rings. The van der Waals surface area contributed by atoms with Crippen molar-refractivity contribution in [3.05, 3.63) is 63.5 Å². The number of anilines is 1. The molecule has 5 rings (SSSR count). The van der Waals surface area contributed by atoms with Gasteiger partial charge in [-0.3, -0.25) is 9.69 Å². The molecule has 1 amide bonds. The quantitative estimate of drug-likeness (QED) is 0.333. The lowest BCUT2D eigenvalue weighted by atomic mass is 9.99. The second-order valence-electron chi connectivity index (χ2n) is 9.45. The molecular weight excluding hydrogens is 506 g/mol. The Morgan fingerprint density at radius 2 is 1.71 bits per heavy atom. The Labute approximate surface area is 225 Å². The van der Waals surface area contributed by atoms with Crippen molar-refractivity contribution in [2.45, 2.75) is 39.0 Å². The molecule has 2 N–H and O–H groups in total. The number of carbonyl (C=O) groups excluding carboxylic acids is 2. The van der Waals surface area contributed by atoms with Crippen molar-refractivity contribution < 1.29 is 28.5 Å². The molecule has 1 atom stereocenters. The molecule has 0 aliphatic carbocycles. The molecule has 0 unspecified atom stereocenters. The molecule has 2 aliphatic heterocycles. The summed E-state index contributed by atoms with van der Waals surface area (Å²) in [5, 5.41) is 7.47. The SMILES string of the molecule is COc1cc(C(=O)Oc2ccc([C@H]3NC(=O)c4c(sc5c4CCN(C(C)C)C5)N3)cc2)cc(OC)c1OC. The third-order valence-electron chi connectivity index (χ3n) is 6.92. The summed E-state index contributed by atoms with van der Waals surface area (Å²) in [4.78, 5) is 29.6. The Morgan fingerprint density at radius 1 is 1.03 bits per heavy atom. The summed E-state index contributed by atoms with van der Waals surface area (Å²) in [6.45, 7) is 6.23. The van der Waals surface area contributed by atoms with Gasteiger partial charge in [0.2, 0.25) is 5.75 Å². The van der Waals surface area contributed by atoms with Gasteiger partial charge in [-0.2, -0.15) is 0 Å². The van der Waals surface area contributed by atoms with Crippen LogP contribution in [0.25, 0.3) is 0 Å². The molecule has 0 spiro atoms. The van der Waals surface area contributed by atoms with Crippen LogP contribution in [0.1, 0.15) is 56.7 Å². The summed E-state index contributed by atoms with van der Waals surface area (Å²) in [6, 6.07) is 10.6. The maximum Gasteiger partial charge on any atom is 0.343 e. The van der Waals surface area contributed by atoms with Crippen molar-refractivity contribution in [2.24, 2.45) is 0 Å². The minimum atomic E-state index is -0.564. The van der Waals surface area contributed by atoms with E-state index >= 15 is 0 Å². The van der Waals surface area contributed by atoms with Gasteiger partial charge in [0.15, 0.2) is 11.5 Å². The summed E-state index contributed by atoms with van der Waals surface area (Å²) in [5.41, 5.74) is 3.06. The highest BCUT2D eigenvalue weighted by molar-refractivity contribution is 7.16. The Morgan fingerprint density at radius 3 is 2.32 bits per heavy atom. The lowest BCUT2D eigenvalue weighted by molar-refractivity contribution is 0.0733. The molecule has 0 bridgehead atoms. The number of nitrogens with one attached hydrogen (secondary N) is 2. The van der Waals surface area contributed by atoms with Crippen molar-refractivity contribution in [3.63, 3.8) is 0 Å². The monoisotopic (exact) mass is 537 g/mol. The number of fused-ring (bicyclic) bond motifs is 3. The van der Waals surface area contributed by atoms with Gasteiger partial charge in [-0.1, -0.05) is 12.1 Å². The molecule has 200 valence electrons. The van der Waals surface area contributed by atoms with Gasteiger partial charge in [-0.25, -0.2) is 4.79 Å². The zero-order valence-electron chi connectivity index (χ0n) is 22.0. The van der Waals surface area contributed by atoms with Gasteiger partial charge in [0, 0.05) is 24.0 Å². The van der Waals surface area contributed by atoms with Crippen LogP contribution in [-0.2, 0) is 13.0 Å². The standard InChI is InChI=1S/C28H31N3O6S/c1-15(2)31-11-10-19-22(14-31)38-27-23(19)26(32)29-25(30-27)16-6-8-18(9-7-16)37-28(33)17-12-20(34-3)24(36-5)21(13-17)35-4/h6-9,12-13,15,25,30H,10-11,14H2,1-5H3,(H,29,32)/t25-/m0/s1. The van der Waals surface area contributed by atoms with Crippen molar-refractivity contribution in [3.8, 4) is 23.0 Å². The van der Waals surface area contributed by atoms with Crippen molar-refractivity contribution in [1.29, 1.82) is 0 Å². The number of carbonyl (C=O) groups is 2. The Hall–Kier alpha value is -3.76. The summed E-state index contributed by atoms with van der Waals surface area (Å²) in [7, 11) is 4.47. The third-order valence-corrected chi connectivity index (χ3v) is 8.07. The molecule has 0 saturated carbocycles. The maximum atomic E-state index is 13.1. The number of esters is 1. The second kappa shape index (κ2) is 10.5. The highest BCUT2D eigenvalue weighted by atomic mass is 32.1. The smallest absolute Gasteiger partial charge is 0.343 e. The number of rotatable bonds is 7. The first-order valence-corrected chi connectivity index (χ1v) is 13.2. The van der Waals surface area contributed by atoms with E-state index in [1.54, 1.807) is 23.5 Å². The zero-order valence-corrected chi connectivity index (χ0v) is 22.9. The normalized spacial score (nSPS) is 16.7. The van der Waals surface area contributed by atoms with E-state index in [2.05, 4.69) is 29.4 Å². The fraction of sp³-hybridized carbons (Fsp3) is 0.357. The molecule has 2 aliphatic rings. The van der Waals surface area contributed by atoms with Gasteiger partial charge in [-0.15, -0.1) is 11.3 Å².